The second kappa shape index (κ2) is 13.3. The second-order valence-corrected chi connectivity index (χ2v) is 18.3. The van der Waals surface area contributed by atoms with E-state index in [-0.39, 0.29) is 43.0 Å². The van der Waals surface area contributed by atoms with Gasteiger partial charge in [-0.3, -0.25) is 19.2 Å². The maximum atomic E-state index is 14.3. The molecule has 15 heteroatoms. The highest BCUT2D eigenvalue weighted by Crippen LogP contribution is 2.56. The number of carbonyl (C=O) groups excluding carboxylic acids is 4. The first kappa shape index (κ1) is 39.4. The molecule has 1 N–H and O–H groups in total. The van der Waals surface area contributed by atoms with Gasteiger partial charge < -0.3 is 18.9 Å². The Bertz CT molecular complexity index is 1420. The van der Waals surface area contributed by atoms with Gasteiger partial charge in [-0.1, -0.05) is 13.8 Å². The molecule has 4 aliphatic rings. The molecule has 280 valence electrons. The van der Waals surface area contributed by atoms with Gasteiger partial charge in [0.1, 0.15) is 24.4 Å². The van der Waals surface area contributed by atoms with Gasteiger partial charge in [-0.05, 0) is 106 Å². The summed E-state index contributed by atoms with van der Waals surface area (Å²) in [4.78, 5) is 54.1. The molecule has 0 aromatic heterocycles. The molecule has 0 aromatic rings. The monoisotopic (exact) mass is 723 g/mol. The van der Waals surface area contributed by atoms with Crippen LogP contribution in [0.3, 0.4) is 0 Å². The van der Waals surface area contributed by atoms with Gasteiger partial charge in [-0.25, -0.2) is 8.42 Å². The lowest BCUT2D eigenvalue weighted by atomic mass is 9.65. The molecule has 0 spiro atoms. The summed E-state index contributed by atoms with van der Waals surface area (Å²) >= 11 is 0. The number of ether oxygens (including phenoxy) is 4. The average molecular weight is 724 g/mol. The molecule has 7 unspecified atom stereocenters. The molecule has 0 amide bonds. The lowest BCUT2D eigenvalue weighted by Crippen LogP contribution is -2.52. The molecule has 1 heterocycles. The van der Waals surface area contributed by atoms with Gasteiger partial charge in [0, 0.05) is 11.8 Å². The summed E-state index contributed by atoms with van der Waals surface area (Å²) in [5.74, 6) is -2.38. The van der Waals surface area contributed by atoms with Crippen molar-refractivity contribution in [2.24, 2.45) is 34.0 Å². The minimum absolute atomic E-state index is 0.0114. The number of carbonyl (C=O) groups is 4. The van der Waals surface area contributed by atoms with Crippen LogP contribution in [0.5, 0.6) is 0 Å². The molecule has 2 bridgehead atoms. The van der Waals surface area contributed by atoms with Crippen LogP contribution in [-0.4, -0.2) is 67.8 Å². The summed E-state index contributed by atoms with van der Waals surface area (Å²) in [5.41, 5.74) is -12.1. The van der Waals surface area contributed by atoms with Crippen LogP contribution in [0, 0.1) is 34.0 Å². The minimum atomic E-state index is -5.72. The third-order valence-corrected chi connectivity index (χ3v) is 12.8. The molecule has 49 heavy (non-hydrogen) atoms. The maximum Gasteiger partial charge on any atom is 0.511 e. The van der Waals surface area contributed by atoms with Gasteiger partial charge in [0.2, 0.25) is 0 Å². The van der Waals surface area contributed by atoms with Crippen LogP contribution in [0.2, 0.25) is 0 Å². The van der Waals surface area contributed by atoms with E-state index in [4.69, 9.17) is 18.9 Å². The zero-order chi connectivity index (χ0) is 37.0. The third-order valence-electron chi connectivity index (χ3n) is 11.3. The Hall–Kier alpha value is -2.42. The lowest BCUT2D eigenvalue weighted by molar-refractivity contribution is -0.183. The molecule has 1 aliphatic heterocycles. The summed E-state index contributed by atoms with van der Waals surface area (Å²) in [6.07, 6.45) is 3.93. The number of nitrogens with one attached hydrogen (secondary N) is 1. The van der Waals surface area contributed by atoms with Crippen molar-refractivity contribution < 1.29 is 59.7 Å². The first-order chi connectivity index (χ1) is 22.3. The smallest absolute Gasteiger partial charge is 0.463 e. The van der Waals surface area contributed by atoms with E-state index >= 15 is 0 Å². The fourth-order valence-corrected chi connectivity index (χ4v) is 9.45. The molecule has 4 fully saturated rings. The topological polar surface area (TPSA) is 151 Å². The number of alkyl halides is 3. The number of hydrogen-bond acceptors (Lipinski definition) is 10. The first-order valence-corrected chi connectivity index (χ1v) is 18.7. The van der Waals surface area contributed by atoms with E-state index in [1.165, 1.54) is 4.72 Å². The zero-order valence-electron chi connectivity index (χ0n) is 29.8. The first-order valence-electron chi connectivity index (χ1n) is 17.3. The highest BCUT2D eigenvalue weighted by molar-refractivity contribution is 7.90. The largest absolute Gasteiger partial charge is 0.511 e. The van der Waals surface area contributed by atoms with E-state index in [1.54, 1.807) is 34.6 Å². The Morgan fingerprint density at radius 3 is 2.08 bits per heavy atom. The molecule has 11 nitrogen and oxygen atoms in total. The number of sulfonamides is 1. The van der Waals surface area contributed by atoms with E-state index < -0.39 is 79.6 Å². The Labute approximate surface area is 287 Å². The number of halogens is 3. The van der Waals surface area contributed by atoms with Crippen LogP contribution in [0.1, 0.15) is 120 Å². The van der Waals surface area contributed by atoms with Crippen molar-refractivity contribution in [3.05, 3.63) is 0 Å². The van der Waals surface area contributed by atoms with Crippen molar-refractivity contribution in [3.63, 3.8) is 0 Å². The SMILES string of the molecule is CCC1(OC(=O)C(C)(CC(C)(C)C(=O)OC2C3CC4C(=O)OC2C4C3)CC(C)(CC)C(=O)OCC(C)(C)NS(=O)(=O)C(F)(F)F)CCCC1. The van der Waals surface area contributed by atoms with Gasteiger partial charge in [0.25, 0.3) is 0 Å². The molecule has 7 atom stereocenters. The predicted octanol–water partition coefficient (Wildman–Crippen LogP) is 5.74. The molecule has 3 saturated carbocycles. The van der Waals surface area contributed by atoms with Crippen LogP contribution in [0.4, 0.5) is 13.2 Å². The van der Waals surface area contributed by atoms with E-state index in [9.17, 15) is 40.8 Å². The quantitative estimate of drug-likeness (QED) is 0.164. The summed E-state index contributed by atoms with van der Waals surface area (Å²) in [6.45, 7) is 11.7. The van der Waals surface area contributed by atoms with E-state index in [0.717, 1.165) is 33.1 Å². The molecular weight excluding hydrogens is 671 g/mol. The molecule has 3 aliphatic carbocycles. The zero-order valence-corrected chi connectivity index (χ0v) is 30.6. The summed E-state index contributed by atoms with van der Waals surface area (Å²) in [5, 5.41) is 0. The van der Waals surface area contributed by atoms with E-state index in [2.05, 4.69) is 0 Å². The van der Waals surface area contributed by atoms with Gasteiger partial charge in [0.15, 0.2) is 0 Å². The Balaban J connectivity index is 1.55. The molecule has 0 radical (unpaired) electrons. The van der Waals surface area contributed by atoms with Crippen molar-refractivity contribution >= 4 is 33.9 Å². The Kier molecular flexibility index (Phi) is 10.7. The predicted molar refractivity (Wildman–Crippen MR) is 170 cm³/mol. The van der Waals surface area contributed by atoms with Crippen molar-refractivity contribution in [1.82, 2.24) is 4.72 Å². The summed E-state index contributed by atoms with van der Waals surface area (Å²) in [7, 11) is -5.72. The fourth-order valence-electron chi connectivity index (χ4n) is 8.54. The van der Waals surface area contributed by atoms with Gasteiger partial charge >= 0.3 is 39.4 Å². The lowest BCUT2D eigenvalue weighted by Gasteiger charge is -2.42. The van der Waals surface area contributed by atoms with Crippen LogP contribution in [-0.2, 0) is 48.1 Å². The normalized spacial score (nSPS) is 28.8. The minimum Gasteiger partial charge on any atom is -0.463 e. The fraction of sp³-hybridized carbons (Fsp3) is 0.882. The van der Waals surface area contributed by atoms with Gasteiger partial charge in [-0.15, -0.1) is 0 Å². The standard InChI is InChI=1S/C34H52F3NO10S/c1-9-31(7,27(41)45-19-30(5,6)38-49(43,44)34(35,36)37)18-32(8,28(42)48-33(10-2)13-11-12-14-33)17-29(3,4)26(40)47-23-20-15-21-22(16-20)25(39)46-24(21)23/h20-24,38H,9-19H2,1-8H3. The second-order valence-electron chi connectivity index (χ2n) is 16.6. The molecule has 1 saturated heterocycles. The van der Waals surface area contributed by atoms with E-state index in [1.807, 2.05) is 6.92 Å². The maximum absolute atomic E-state index is 14.3. The van der Waals surface area contributed by atoms with Crippen LogP contribution in [0.25, 0.3) is 0 Å². The highest BCUT2D eigenvalue weighted by atomic mass is 32.2. The van der Waals surface area contributed by atoms with Crippen molar-refractivity contribution in [2.75, 3.05) is 6.61 Å². The Morgan fingerprint density at radius 2 is 1.53 bits per heavy atom. The van der Waals surface area contributed by atoms with E-state index in [0.29, 0.717) is 25.7 Å². The number of rotatable bonds is 15. The van der Waals surface area contributed by atoms with Gasteiger partial charge in [0.05, 0.1) is 27.7 Å². The summed E-state index contributed by atoms with van der Waals surface area (Å²) < 4.78 is 87.3. The van der Waals surface area contributed by atoms with Crippen molar-refractivity contribution in [3.8, 4) is 0 Å². The molecule has 4 rings (SSSR count). The molecule has 0 aromatic carbocycles. The third kappa shape index (κ3) is 7.92. The summed E-state index contributed by atoms with van der Waals surface area (Å²) in [6, 6.07) is 0. The van der Waals surface area contributed by atoms with Crippen LogP contribution < -0.4 is 4.72 Å². The van der Waals surface area contributed by atoms with Crippen LogP contribution >= 0.6 is 0 Å². The highest BCUT2D eigenvalue weighted by Gasteiger charge is 2.64. The number of fused-ring (bicyclic) bond motifs is 1. The number of esters is 4. The molecular formula is C34H52F3NO10S. The number of hydrogen-bond donors (Lipinski definition) is 1. The van der Waals surface area contributed by atoms with Crippen molar-refractivity contribution in [1.29, 1.82) is 0 Å². The Morgan fingerprint density at radius 1 is 0.918 bits per heavy atom. The average Bonchev–Trinajstić information content (AvgIpc) is 3.74. The van der Waals surface area contributed by atoms with Crippen LogP contribution in [0.15, 0.2) is 0 Å². The van der Waals surface area contributed by atoms with Gasteiger partial charge in [-0.2, -0.15) is 17.9 Å². The van der Waals surface area contributed by atoms with Crippen molar-refractivity contribution in [2.45, 2.75) is 148 Å².